The zero-order chi connectivity index (χ0) is 11.4. The molecule has 0 spiro atoms. The van der Waals surface area contributed by atoms with Gasteiger partial charge in [0.2, 0.25) is 0 Å². The molecule has 0 heterocycles. The van der Waals surface area contributed by atoms with Gasteiger partial charge < -0.3 is 15.3 Å². The van der Waals surface area contributed by atoms with Crippen molar-refractivity contribution in [2.45, 2.75) is 31.9 Å². The number of β-amino-alcohol motifs (C(OH)–C–C–N with tert-alkyl or cyclic N) is 1. The predicted octanol–water partition coefficient (Wildman–Crippen LogP) is -0.475. The van der Waals surface area contributed by atoms with Crippen molar-refractivity contribution in [3.8, 4) is 0 Å². The van der Waals surface area contributed by atoms with Crippen LogP contribution in [0.1, 0.15) is 20.3 Å². The molecule has 0 rings (SSSR count). The summed E-state index contributed by atoms with van der Waals surface area (Å²) in [4.78, 5) is 12.0. The van der Waals surface area contributed by atoms with Gasteiger partial charge in [-0.2, -0.15) is 0 Å². The van der Waals surface area contributed by atoms with Crippen LogP contribution in [-0.2, 0) is 4.79 Å². The molecule has 0 fully saturated rings. The van der Waals surface area contributed by atoms with Gasteiger partial charge >= 0.3 is 5.97 Å². The minimum Gasteiger partial charge on any atom is -0.481 e. The SMILES string of the molecule is CN(CC(O)CC(=O)O)C(C)(C)CO. The minimum absolute atomic E-state index is 0.0384. The Labute approximate surface area is 84.0 Å². The third kappa shape index (κ3) is 4.55. The predicted molar refractivity (Wildman–Crippen MR) is 52.1 cm³/mol. The highest BCUT2D eigenvalue weighted by atomic mass is 16.4. The third-order valence-corrected chi connectivity index (χ3v) is 2.32. The molecule has 0 saturated heterocycles. The van der Waals surface area contributed by atoms with Gasteiger partial charge in [-0.1, -0.05) is 0 Å². The topological polar surface area (TPSA) is 81.0 Å². The number of aliphatic hydroxyl groups is 2. The second-order valence-corrected chi connectivity index (χ2v) is 4.10. The maximum absolute atomic E-state index is 10.3. The van der Waals surface area contributed by atoms with Crippen molar-refractivity contribution in [2.24, 2.45) is 0 Å². The summed E-state index contributed by atoms with van der Waals surface area (Å²) in [7, 11) is 1.74. The van der Waals surface area contributed by atoms with Crippen molar-refractivity contribution >= 4 is 5.97 Å². The van der Waals surface area contributed by atoms with E-state index in [1.54, 1.807) is 11.9 Å². The normalized spacial score (nSPS) is 14.4. The Bertz CT molecular complexity index is 193. The molecule has 14 heavy (non-hydrogen) atoms. The Hall–Kier alpha value is -0.650. The number of likely N-dealkylation sites (N-methyl/N-ethyl adjacent to an activating group) is 1. The fraction of sp³-hybridized carbons (Fsp3) is 0.889. The molecular formula is C9H19NO4. The highest BCUT2D eigenvalue weighted by molar-refractivity contribution is 5.67. The van der Waals surface area contributed by atoms with Crippen LogP contribution in [0, 0.1) is 0 Å². The quantitative estimate of drug-likeness (QED) is 0.546. The van der Waals surface area contributed by atoms with E-state index >= 15 is 0 Å². The summed E-state index contributed by atoms with van der Waals surface area (Å²) < 4.78 is 0. The molecule has 1 atom stereocenters. The molecule has 0 saturated carbocycles. The zero-order valence-corrected chi connectivity index (χ0v) is 8.90. The molecule has 5 nitrogen and oxygen atoms in total. The third-order valence-electron chi connectivity index (χ3n) is 2.32. The first-order chi connectivity index (χ1) is 6.29. The minimum atomic E-state index is -1.02. The van der Waals surface area contributed by atoms with Gasteiger partial charge in [-0.05, 0) is 20.9 Å². The Morgan fingerprint density at radius 1 is 1.50 bits per heavy atom. The highest BCUT2D eigenvalue weighted by Crippen LogP contribution is 2.11. The van der Waals surface area contributed by atoms with Crippen molar-refractivity contribution in [3.63, 3.8) is 0 Å². The summed E-state index contributed by atoms with van der Waals surface area (Å²) in [6.45, 7) is 3.84. The highest BCUT2D eigenvalue weighted by Gasteiger charge is 2.24. The van der Waals surface area contributed by atoms with Crippen molar-refractivity contribution in [3.05, 3.63) is 0 Å². The Balaban J connectivity index is 4.05. The lowest BCUT2D eigenvalue weighted by atomic mass is 10.0. The summed E-state index contributed by atoms with van der Waals surface area (Å²) in [6.07, 6.45) is -1.17. The largest absolute Gasteiger partial charge is 0.481 e. The first-order valence-electron chi connectivity index (χ1n) is 4.51. The molecule has 0 aliphatic carbocycles. The van der Waals surface area contributed by atoms with Crippen molar-refractivity contribution in [1.29, 1.82) is 0 Å². The van der Waals surface area contributed by atoms with Crippen LogP contribution in [0.3, 0.4) is 0 Å². The van der Waals surface area contributed by atoms with E-state index in [2.05, 4.69) is 0 Å². The van der Waals surface area contributed by atoms with E-state index < -0.39 is 17.6 Å². The summed E-state index contributed by atoms with van der Waals surface area (Å²) in [5.41, 5.74) is -0.445. The van der Waals surface area contributed by atoms with Crippen molar-refractivity contribution < 1.29 is 20.1 Å². The molecule has 0 aliphatic heterocycles. The molecule has 0 aromatic heterocycles. The van der Waals surface area contributed by atoms with E-state index in [9.17, 15) is 9.90 Å². The van der Waals surface area contributed by atoms with E-state index in [1.807, 2.05) is 13.8 Å². The van der Waals surface area contributed by atoms with Crippen LogP contribution >= 0.6 is 0 Å². The summed E-state index contributed by atoms with van der Waals surface area (Å²) in [6, 6.07) is 0. The molecule has 3 N–H and O–H groups in total. The Kier molecular flexibility index (Phi) is 5.04. The fourth-order valence-corrected chi connectivity index (χ4v) is 0.950. The van der Waals surface area contributed by atoms with E-state index in [-0.39, 0.29) is 19.6 Å². The molecular weight excluding hydrogens is 186 g/mol. The smallest absolute Gasteiger partial charge is 0.306 e. The first kappa shape index (κ1) is 13.4. The van der Waals surface area contributed by atoms with Crippen molar-refractivity contribution in [1.82, 2.24) is 4.90 Å². The number of aliphatic hydroxyl groups excluding tert-OH is 2. The molecule has 0 aliphatic rings. The van der Waals surface area contributed by atoms with Crippen LogP contribution in [0.2, 0.25) is 0 Å². The van der Waals surface area contributed by atoms with Gasteiger partial charge in [0.15, 0.2) is 0 Å². The average molecular weight is 205 g/mol. The van der Waals surface area contributed by atoms with Gasteiger partial charge in [0, 0.05) is 12.1 Å². The maximum Gasteiger partial charge on any atom is 0.306 e. The van der Waals surface area contributed by atoms with Gasteiger partial charge in [-0.3, -0.25) is 9.69 Å². The monoisotopic (exact) mass is 205 g/mol. The number of hydrogen-bond donors (Lipinski definition) is 3. The number of carboxylic acids is 1. The molecule has 5 heteroatoms. The van der Waals surface area contributed by atoms with Crippen LogP contribution in [-0.4, -0.2) is 58.0 Å². The Morgan fingerprint density at radius 3 is 2.36 bits per heavy atom. The molecule has 0 aromatic rings. The lowest BCUT2D eigenvalue weighted by molar-refractivity contribution is -0.139. The van der Waals surface area contributed by atoms with Crippen molar-refractivity contribution in [2.75, 3.05) is 20.2 Å². The van der Waals surface area contributed by atoms with Gasteiger partial charge in [0.1, 0.15) is 0 Å². The van der Waals surface area contributed by atoms with Gasteiger partial charge in [-0.25, -0.2) is 0 Å². The van der Waals surface area contributed by atoms with E-state index in [0.29, 0.717) is 0 Å². The summed E-state index contributed by atoms with van der Waals surface area (Å²) in [5, 5.41) is 26.8. The molecule has 1 unspecified atom stereocenters. The van der Waals surface area contributed by atoms with E-state index in [1.165, 1.54) is 0 Å². The van der Waals surface area contributed by atoms with E-state index in [0.717, 1.165) is 0 Å². The summed E-state index contributed by atoms with van der Waals surface area (Å²) in [5.74, 6) is -1.02. The van der Waals surface area contributed by atoms with Gasteiger partial charge in [-0.15, -0.1) is 0 Å². The van der Waals surface area contributed by atoms with Crippen LogP contribution in [0.25, 0.3) is 0 Å². The molecule has 0 radical (unpaired) electrons. The van der Waals surface area contributed by atoms with Gasteiger partial charge in [0.05, 0.1) is 19.1 Å². The van der Waals surface area contributed by atoms with Crippen LogP contribution in [0.4, 0.5) is 0 Å². The van der Waals surface area contributed by atoms with E-state index in [4.69, 9.17) is 10.2 Å². The number of rotatable bonds is 6. The fourth-order valence-electron chi connectivity index (χ4n) is 0.950. The maximum atomic E-state index is 10.3. The Morgan fingerprint density at radius 2 is 2.00 bits per heavy atom. The number of carbonyl (C=O) groups is 1. The molecule has 0 aromatic carbocycles. The molecule has 0 amide bonds. The lowest BCUT2D eigenvalue weighted by Crippen LogP contribution is -2.47. The average Bonchev–Trinajstić information content (AvgIpc) is 2.02. The van der Waals surface area contributed by atoms with Crippen LogP contribution in [0.5, 0.6) is 0 Å². The lowest BCUT2D eigenvalue weighted by Gasteiger charge is -2.34. The summed E-state index contributed by atoms with van der Waals surface area (Å²) >= 11 is 0. The molecule has 0 bridgehead atoms. The zero-order valence-electron chi connectivity index (χ0n) is 8.90. The van der Waals surface area contributed by atoms with Crippen LogP contribution < -0.4 is 0 Å². The number of hydrogen-bond acceptors (Lipinski definition) is 4. The number of aliphatic carboxylic acids is 1. The number of nitrogens with zero attached hydrogens (tertiary/aromatic N) is 1. The number of carboxylic acid groups (broad SMARTS) is 1. The first-order valence-corrected chi connectivity index (χ1v) is 4.51. The molecule has 84 valence electrons. The van der Waals surface area contributed by atoms with Gasteiger partial charge in [0.25, 0.3) is 0 Å². The second kappa shape index (κ2) is 5.29. The standard InChI is InChI=1S/C9H19NO4/c1-9(2,6-11)10(3)5-7(12)4-8(13)14/h7,11-12H,4-6H2,1-3H3,(H,13,14). The van der Waals surface area contributed by atoms with Crippen LogP contribution in [0.15, 0.2) is 0 Å². The second-order valence-electron chi connectivity index (χ2n) is 4.10.